The second-order valence-electron chi connectivity index (χ2n) is 5.06. The van der Waals surface area contributed by atoms with Gasteiger partial charge < -0.3 is 14.2 Å². The van der Waals surface area contributed by atoms with Crippen LogP contribution in [0.2, 0.25) is 0 Å². The monoisotopic (exact) mass is 258 g/mol. The summed E-state index contributed by atoms with van der Waals surface area (Å²) in [6, 6.07) is 5.71. The van der Waals surface area contributed by atoms with Crippen molar-refractivity contribution in [2.45, 2.75) is 25.4 Å². The quantitative estimate of drug-likeness (QED) is 0.775. The molecule has 0 amide bonds. The highest BCUT2D eigenvalue weighted by atomic mass is 16.7. The maximum Gasteiger partial charge on any atom is 0.231 e. The van der Waals surface area contributed by atoms with Crippen molar-refractivity contribution < 1.29 is 19.0 Å². The van der Waals surface area contributed by atoms with Gasteiger partial charge in [-0.05, 0) is 36.1 Å². The van der Waals surface area contributed by atoms with Crippen LogP contribution in [0.4, 0.5) is 0 Å². The van der Waals surface area contributed by atoms with E-state index in [1.54, 1.807) is 0 Å². The van der Waals surface area contributed by atoms with Crippen LogP contribution in [0, 0.1) is 0 Å². The molecule has 1 fully saturated rings. The molecule has 0 radical (unpaired) electrons. The number of rotatable bonds is 1. The van der Waals surface area contributed by atoms with Gasteiger partial charge in [-0.2, -0.15) is 0 Å². The molecule has 0 aromatic heterocycles. The number of hydrogen-bond donors (Lipinski definition) is 0. The van der Waals surface area contributed by atoms with Gasteiger partial charge in [0.05, 0.1) is 6.10 Å². The van der Waals surface area contributed by atoms with Crippen LogP contribution in [0.25, 0.3) is 5.57 Å². The molecule has 1 atom stereocenters. The van der Waals surface area contributed by atoms with Gasteiger partial charge in [-0.3, -0.25) is 4.79 Å². The van der Waals surface area contributed by atoms with E-state index in [0.29, 0.717) is 6.42 Å². The molecule has 19 heavy (non-hydrogen) atoms. The predicted molar refractivity (Wildman–Crippen MR) is 68.1 cm³/mol. The lowest BCUT2D eigenvalue weighted by atomic mass is 9.97. The number of Topliss-reactive ketones (excluding diaryl/α,β-unsaturated/α-hetero) is 1. The number of carbonyl (C=O) groups is 1. The minimum absolute atomic E-state index is 0.00155. The Morgan fingerprint density at radius 2 is 2.05 bits per heavy atom. The third-order valence-electron chi connectivity index (χ3n) is 3.93. The minimum Gasteiger partial charge on any atom is -0.454 e. The van der Waals surface area contributed by atoms with Gasteiger partial charge >= 0.3 is 0 Å². The van der Waals surface area contributed by atoms with Gasteiger partial charge in [0, 0.05) is 18.6 Å². The van der Waals surface area contributed by atoms with Crippen molar-refractivity contribution in [2.75, 3.05) is 13.4 Å². The molecule has 1 aliphatic carbocycles. The van der Waals surface area contributed by atoms with Crippen LogP contribution < -0.4 is 9.47 Å². The largest absolute Gasteiger partial charge is 0.454 e. The summed E-state index contributed by atoms with van der Waals surface area (Å²) in [5.41, 5.74) is 2.93. The topological polar surface area (TPSA) is 44.8 Å². The van der Waals surface area contributed by atoms with E-state index in [4.69, 9.17) is 14.2 Å². The molecule has 2 heterocycles. The SMILES string of the molecule is O=C1CC2OCCCC2=C1c1ccc2c(c1)OCO2. The van der Waals surface area contributed by atoms with Crippen molar-refractivity contribution in [2.24, 2.45) is 0 Å². The first-order valence-corrected chi connectivity index (χ1v) is 6.61. The van der Waals surface area contributed by atoms with Crippen LogP contribution in [0.15, 0.2) is 23.8 Å². The Hall–Kier alpha value is -1.81. The maximum atomic E-state index is 12.2. The highest BCUT2D eigenvalue weighted by molar-refractivity contribution is 6.24. The van der Waals surface area contributed by atoms with Crippen molar-refractivity contribution >= 4 is 11.4 Å². The van der Waals surface area contributed by atoms with Crippen molar-refractivity contribution in [1.82, 2.24) is 0 Å². The Bertz CT molecular complexity index is 588. The Balaban J connectivity index is 1.80. The number of ether oxygens (including phenoxy) is 3. The number of ketones is 1. The number of hydrogen-bond acceptors (Lipinski definition) is 4. The Morgan fingerprint density at radius 1 is 1.16 bits per heavy atom. The van der Waals surface area contributed by atoms with E-state index >= 15 is 0 Å². The average Bonchev–Trinajstić information content (AvgIpc) is 3.00. The van der Waals surface area contributed by atoms with Gasteiger partial charge in [-0.1, -0.05) is 6.07 Å². The second-order valence-corrected chi connectivity index (χ2v) is 5.06. The summed E-state index contributed by atoms with van der Waals surface area (Å²) >= 11 is 0. The van der Waals surface area contributed by atoms with E-state index in [9.17, 15) is 4.79 Å². The van der Waals surface area contributed by atoms with E-state index in [-0.39, 0.29) is 18.7 Å². The molecule has 4 nitrogen and oxygen atoms in total. The standard InChI is InChI=1S/C15H14O4/c16-11-7-13-10(2-1-5-17-13)15(11)9-3-4-12-14(6-9)19-8-18-12/h3-4,6,13H,1-2,5,7-8H2. The fourth-order valence-electron chi connectivity index (χ4n) is 3.07. The first kappa shape index (κ1) is 11.1. The molecule has 2 aliphatic heterocycles. The van der Waals surface area contributed by atoms with E-state index in [2.05, 4.69) is 0 Å². The summed E-state index contributed by atoms with van der Waals surface area (Å²) in [5.74, 6) is 1.65. The zero-order chi connectivity index (χ0) is 12.8. The molecule has 4 rings (SSSR count). The molecular weight excluding hydrogens is 244 g/mol. The Labute approximate surface area is 111 Å². The molecule has 3 aliphatic rings. The molecule has 98 valence electrons. The molecule has 0 N–H and O–H groups in total. The van der Waals surface area contributed by atoms with Gasteiger partial charge in [0.2, 0.25) is 6.79 Å². The van der Waals surface area contributed by atoms with Crippen LogP contribution in [0.3, 0.4) is 0 Å². The number of benzene rings is 1. The Kier molecular flexibility index (Phi) is 2.38. The van der Waals surface area contributed by atoms with Crippen LogP contribution in [-0.2, 0) is 9.53 Å². The van der Waals surface area contributed by atoms with Crippen LogP contribution in [0.5, 0.6) is 11.5 Å². The van der Waals surface area contributed by atoms with E-state index in [0.717, 1.165) is 47.7 Å². The lowest BCUT2D eigenvalue weighted by Crippen LogP contribution is -2.19. The molecule has 1 saturated heterocycles. The molecule has 4 heteroatoms. The molecule has 1 aromatic rings. The summed E-state index contributed by atoms with van der Waals surface area (Å²) in [6.45, 7) is 1.01. The van der Waals surface area contributed by atoms with Crippen molar-refractivity contribution in [3.8, 4) is 11.5 Å². The Morgan fingerprint density at radius 3 is 3.00 bits per heavy atom. The van der Waals surface area contributed by atoms with Crippen molar-refractivity contribution in [3.63, 3.8) is 0 Å². The molecule has 1 aromatic carbocycles. The van der Waals surface area contributed by atoms with Gasteiger partial charge in [0.1, 0.15) is 0 Å². The van der Waals surface area contributed by atoms with Gasteiger partial charge in [-0.25, -0.2) is 0 Å². The zero-order valence-electron chi connectivity index (χ0n) is 10.5. The molecular formula is C15H14O4. The van der Waals surface area contributed by atoms with Crippen LogP contribution >= 0.6 is 0 Å². The second kappa shape index (κ2) is 4.10. The van der Waals surface area contributed by atoms with Gasteiger partial charge in [0.15, 0.2) is 17.3 Å². The third-order valence-corrected chi connectivity index (χ3v) is 3.93. The minimum atomic E-state index is 0.00155. The number of allylic oxidation sites excluding steroid dienone is 1. The van der Waals surface area contributed by atoms with Gasteiger partial charge in [-0.15, -0.1) is 0 Å². The predicted octanol–water partition coefficient (Wildman–Crippen LogP) is 2.32. The highest BCUT2D eigenvalue weighted by Gasteiger charge is 2.35. The highest BCUT2D eigenvalue weighted by Crippen LogP contribution is 2.41. The third kappa shape index (κ3) is 1.67. The summed E-state index contributed by atoms with van der Waals surface area (Å²) in [6.07, 6.45) is 2.44. The smallest absolute Gasteiger partial charge is 0.231 e. The fourth-order valence-corrected chi connectivity index (χ4v) is 3.07. The lowest BCUT2D eigenvalue weighted by Gasteiger charge is -2.21. The fraction of sp³-hybridized carbons (Fsp3) is 0.400. The van der Waals surface area contributed by atoms with Crippen molar-refractivity contribution in [1.29, 1.82) is 0 Å². The summed E-state index contributed by atoms with van der Waals surface area (Å²) in [7, 11) is 0. The number of carbonyl (C=O) groups excluding carboxylic acids is 1. The van der Waals surface area contributed by atoms with Gasteiger partial charge in [0.25, 0.3) is 0 Å². The number of fused-ring (bicyclic) bond motifs is 2. The average molecular weight is 258 g/mol. The lowest BCUT2D eigenvalue weighted by molar-refractivity contribution is -0.114. The van der Waals surface area contributed by atoms with E-state index < -0.39 is 0 Å². The van der Waals surface area contributed by atoms with E-state index in [1.807, 2.05) is 18.2 Å². The first-order valence-electron chi connectivity index (χ1n) is 6.61. The summed E-state index contributed by atoms with van der Waals surface area (Å²) in [5, 5.41) is 0. The van der Waals surface area contributed by atoms with Crippen LogP contribution in [-0.4, -0.2) is 25.3 Å². The normalized spacial score (nSPS) is 24.8. The van der Waals surface area contributed by atoms with E-state index in [1.165, 1.54) is 0 Å². The molecule has 0 saturated carbocycles. The van der Waals surface area contributed by atoms with Crippen LogP contribution in [0.1, 0.15) is 24.8 Å². The maximum absolute atomic E-state index is 12.2. The summed E-state index contributed by atoms with van der Waals surface area (Å²) in [4.78, 5) is 12.2. The zero-order valence-corrected chi connectivity index (χ0v) is 10.5. The molecule has 1 unspecified atom stereocenters. The summed E-state index contributed by atoms with van der Waals surface area (Å²) < 4.78 is 16.4. The first-order chi connectivity index (χ1) is 9.33. The van der Waals surface area contributed by atoms with Crippen molar-refractivity contribution in [3.05, 3.63) is 29.3 Å². The molecule has 0 spiro atoms. The molecule has 0 bridgehead atoms.